The molecular formula is C16H23NO4. The minimum absolute atomic E-state index is 0.254. The van der Waals surface area contributed by atoms with E-state index in [1.807, 2.05) is 30.3 Å². The van der Waals surface area contributed by atoms with E-state index in [1.165, 1.54) is 12.0 Å². The summed E-state index contributed by atoms with van der Waals surface area (Å²) in [5, 5.41) is 9.59. The van der Waals surface area contributed by atoms with Crippen molar-refractivity contribution in [1.29, 1.82) is 0 Å². The molecule has 1 unspecified atom stereocenters. The number of esters is 1. The number of carbonyl (C=O) groups excluding carboxylic acids is 1. The summed E-state index contributed by atoms with van der Waals surface area (Å²) < 4.78 is 4.87. The fraction of sp³-hybridized carbons (Fsp3) is 0.500. The van der Waals surface area contributed by atoms with Gasteiger partial charge in [0.15, 0.2) is 0 Å². The van der Waals surface area contributed by atoms with Crippen LogP contribution >= 0.6 is 0 Å². The molecule has 0 aliphatic rings. The molecule has 1 rings (SSSR count). The van der Waals surface area contributed by atoms with Gasteiger partial charge in [-0.25, -0.2) is 9.59 Å². The predicted molar refractivity (Wildman–Crippen MR) is 80.2 cm³/mol. The van der Waals surface area contributed by atoms with Gasteiger partial charge in [-0.05, 0) is 33.3 Å². The molecule has 1 atom stereocenters. The molecule has 0 radical (unpaired) electrons. The van der Waals surface area contributed by atoms with Crippen molar-refractivity contribution in [3.8, 4) is 0 Å². The Kier molecular flexibility index (Phi) is 4.99. The molecule has 0 bridgehead atoms. The summed E-state index contributed by atoms with van der Waals surface area (Å²) in [7, 11) is 1.27. The summed E-state index contributed by atoms with van der Waals surface area (Å²) in [5.41, 5.74) is -1.15. The van der Waals surface area contributed by atoms with Crippen LogP contribution in [-0.2, 0) is 16.0 Å². The number of hydrogen-bond donors (Lipinski definition) is 1. The van der Waals surface area contributed by atoms with Crippen LogP contribution < -0.4 is 0 Å². The topological polar surface area (TPSA) is 66.8 Å². The van der Waals surface area contributed by atoms with Gasteiger partial charge in [-0.1, -0.05) is 30.3 Å². The van der Waals surface area contributed by atoms with Crippen LogP contribution in [-0.4, -0.2) is 40.3 Å². The Morgan fingerprint density at radius 3 is 2.05 bits per heavy atom. The van der Waals surface area contributed by atoms with E-state index in [2.05, 4.69) is 0 Å². The van der Waals surface area contributed by atoms with Gasteiger partial charge in [-0.3, -0.25) is 4.90 Å². The second-order valence-electron chi connectivity index (χ2n) is 6.22. The van der Waals surface area contributed by atoms with Gasteiger partial charge in [0.05, 0.1) is 7.11 Å². The van der Waals surface area contributed by atoms with Gasteiger partial charge >= 0.3 is 12.1 Å². The molecule has 0 aliphatic carbocycles. The van der Waals surface area contributed by atoms with Crippen molar-refractivity contribution in [2.75, 3.05) is 7.11 Å². The maximum absolute atomic E-state index is 12.3. The first-order chi connectivity index (χ1) is 9.63. The Bertz CT molecular complexity index is 507. The van der Waals surface area contributed by atoms with Gasteiger partial charge in [0.1, 0.15) is 5.54 Å². The smallest absolute Gasteiger partial charge is 0.408 e. The van der Waals surface area contributed by atoms with Gasteiger partial charge in [0.2, 0.25) is 0 Å². The molecule has 0 saturated carbocycles. The summed E-state index contributed by atoms with van der Waals surface area (Å²) in [4.78, 5) is 25.2. The Morgan fingerprint density at radius 2 is 1.67 bits per heavy atom. The van der Waals surface area contributed by atoms with Gasteiger partial charge in [-0.2, -0.15) is 0 Å². The first-order valence-electron chi connectivity index (χ1n) is 6.78. The number of amides is 1. The van der Waals surface area contributed by atoms with Crippen molar-refractivity contribution in [2.45, 2.75) is 45.2 Å². The molecular weight excluding hydrogens is 270 g/mol. The molecule has 1 aromatic carbocycles. The maximum atomic E-state index is 12.3. The van der Waals surface area contributed by atoms with E-state index in [0.29, 0.717) is 0 Å². The fourth-order valence-corrected chi connectivity index (χ4v) is 2.69. The third-order valence-corrected chi connectivity index (χ3v) is 3.37. The number of methoxy groups -OCH3 is 1. The molecule has 0 aliphatic heterocycles. The highest BCUT2D eigenvalue weighted by molar-refractivity contribution is 5.85. The standard InChI is InChI=1S/C16H23NO4/c1-15(2,3)17(14(19)20)16(4,13(18)21-5)11-12-9-7-6-8-10-12/h6-10H,11H2,1-5H3,(H,19,20). The molecule has 5 nitrogen and oxygen atoms in total. The fourth-order valence-electron chi connectivity index (χ4n) is 2.69. The van der Waals surface area contributed by atoms with Gasteiger partial charge in [0, 0.05) is 12.0 Å². The second-order valence-corrected chi connectivity index (χ2v) is 6.22. The zero-order chi connectivity index (χ0) is 16.3. The van der Waals surface area contributed by atoms with Crippen LogP contribution in [0.25, 0.3) is 0 Å². The summed E-state index contributed by atoms with van der Waals surface area (Å²) in [6.45, 7) is 6.87. The molecule has 0 heterocycles. The van der Waals surface area contributed by atoms with Crippen molar-refractivity contribution < 1.29 is 19.4 Å². The quantitative estimate of drug-likeness (QED) is 0.867. The number of carbonyl (C=O) groups is 2. The lowest BCUT2D eigenvalue weighted by atomic mass is 9.87. The van der Waals surface area contributed by atoms with Crippen molar-refractivity contribution >= 4 is 12.1 Å². The highest BCUT2D eigenvalue weighted by Crippen LogP contribution is 2.30. The number of benzene rings is 1. The maximum Gasteiger partial charge on any atom is 0.408 e. The molecule has 0 spiro atoms. The molecule has 0 saturated heterocycles. The highest BCUT2D eigenvalue weighted by Gasteiger charge is 2.48. The van der Waals surface area contributed by atoms with Crippen LogP contribution in [0.2, 0.25) is 0 Å². The van der Waals surface area contributed by atoms with Gasteiger partial charge in [-0.15, -0.1) is 0 Å². The zero-order valence-corrected chi connectivity index (χ0v) is 13.2. The largest absolute Gasteiger partial charge is 0.467 e. The van der Waals surface area contributed by atoms with Crippen LogP contribution in [0, 0.1) is 0 Å². The number of ether oxygens (including phenoxy) is 1. The lowest BCUT2D eigenvalue weighted by Gasteiger charge is -2.45. The van der Waals surface area contributed by atoms with Crippen molar-refractivity contribution in [3.63, 3.8) is 0 Å². The first-order valence-corrected chi connectivity index (χ1v) is 6.78. The average Bonchev–Trinajstić information content (AvgIpc) is 2.36. The predicted octanol–water partition coefficient (Wildman–Crippen LogP) is 2.94. The monoisotopic (exact) mass is 293 g/mol. The lowest BCUT2D eigenvalue weighted by Crippen LogP contribution is -2.63. The SMILES string of the molecule is COC(=O)C(C)(Cc1ccccc1)N(C(=O)O)C(C)(C)C. The highest BCUT2D eigenvalue weighted by atomic mass is 16.5. The minimum Gasteiger partial charge on any atom is -0.467 e. The first kappa shape index (κ1) is 17.0. The minimum atomic E-state index is -1.29. The number of carboxylic acid groups (broad SMARTS) is 1. The zero-order valence-electron chi connectivity index (χ0n) is 13.2. The van der Waals surface area contributed by atoms with Crippen LogP contribution in [0.1, 0.15) is 33.3 Å². The third kappa shape index (κ3) is 3.74. The van der Waals surface area contributed by atoms with E-state index < -0.39 is 23.1 Å². The summed E-state index contributed by atoms with van der Waals surface area (Å²) in [6, 6.07) is 9.32. The van der Waals surface area contributed by atoms with Crippen LogP contribution in [0.3, 0.4) is 0 Å². The molecule has 1 aromatic rings. The average molecular weight is 293 g/mol. The molecule has 1 amide bonds. The molecule has 1 N–H and O–H groups in total. The van der Waals surface area contributed by atoms with Gasteiger partial charge in [0.25, 0.3) is 0 Å². The summed E-state index contributed by atoms with van der Waals surface area (Å²) >= 11 is 0. The van der Waals surface area contributed by atoms with Crippen LogP contribution in [0.15, 0.2) is 30.3 Å². The van der Waals surface area contributed by atoms with Crippen molar-refractivity contribution in [2.24, 2.45) is 0 Å². The Balaban J connectivity index is 3.31. The third-order valence-electron chi connectivity index (χ3n) is 3.37. The van der Waals surface area contributed by atoms with E-state index in [1.54, 1.807) is 27.7 Å². The molecule has 116 valence electrons. The normalized spacial score (nSPS) is 14.1. The number of rotatable bonds is 4. The van der Waals surface area contributed by atoms with Crippen LogP contribution in [0.5, 0.6) is 0 Å². The molecule has 0 aromatic heterocycles. The summed E-state index contributed by atoms with van der Waals surface area (Å²) in [5.74, 6) is -0.566. The van der Waals surface area contributed by atoms with Crippen molar-refractivity contribution in [1.82, 2.24) is 4.90 Å². The van der Waals surface area contributed by atoms with Crippen molar-refractivity contribution in [3.05, 3.63) is 35.9 Å². The number of hydrogen-bond acceptors (Lipinski definition) is 3. The Labute approximate surface area is 125 Å². The van der Waals surface area contributed by atoms with E-state index in [4.69, 9.17) is 4.74 Å². The van der Waals surface area contributed by atoms with E-state index >= 15 is 0 Å². The summed E-state index contributed by atoms with van der Waals surface area (Å²) in [6.07, 6.45) is -0.893. The number of nitrogens with zero attached hydrogens (tertiary/aromatic N) is 1. The van der Waals surface area contributed by atoms with E-state index in [9.17, 15) is 14.7 Å². The van der Waals surface area contributed by atoms with E-state index in [-0.39, 0.29) is 6.42 Å². The van der Waals surface area contributed by atoms with E-state index in [0.717, 1.165) is 5.56 Å². The second kappa shape index (κ2) is 6.16. The van der Waals surface area contributed by atoms with Gasteiger partial charge < -0.3 is 9.84 Å². The molecule has 0 fully saturated rings. The Morgan fingerprint density at radius 1 is 1.14 bits per heavy atom. The molecule has 21 heavy (non-hydrogen) atoms. The van der Waals surface area contributed by atoms with Crippen LogP contribution in [0.4, 0.5) is 4.79 Å². The molecule has 5 heteroatoms. The lowest BCUT2D eigenvalue weighted by molar-refractivity contribution is -0.156. The Hall–Kier alpha value is -2.04.